The lowest BCUT2D eigenvalue weighted by atomic mass is 10.1. The summed E-state index contributed by atoms with van der Waals surface area (Å²) in [6.45, 7) is 2.03. The summed E-state index contributed by atoms with van der Waals surface area (Å²) < 4.78 is 13.6. The minimum absolute atomic E-state index is 0.277. The minimum atomic E-state index is 0.277. The van der Waals surface area contributed by atoms with Crippen LogP contribution in [-0.2, 0) is 0 Å². The van der Waals surface area contributed by atoms with Gasteiger partial charge in [-0.05, 0) is 50.2 Å². The molecule has 1 N–H and O–H groups in total. The summed E-state index contributed by atoms with van der Waals surface area (Å²) in [6, 6.07) is 12.1. The van der Waals surface area contributed by atoms with Crippen molar-refractivity contribution < 1.29 is 9.47 Å². The van der Waals surface area contributed by atoms with E-state index in [1.807, 2.05) is 41.2 Å². The van der Waals surface area contributed by atoms with Gasteiger partial charge in [0.05, 0.1) is 18.8 Å². The third-order valence-electron chi connectivity index (χ3n) is 4.48. The van der Waals surface area contributed by atoms with Crippen LogP contribution in [0.5, 0.6) is 11.5 Å². The first-order valence-electron chi connectivity index (χ1n) is 8.33. The standard InChI is InChI=1S/C19H21N3O2/c1-23-19-12-15(24-14-7-9-20-10-8-14)5-6-16(19)17-13-21-22-11-3-2-4-18(17)22/h2-6,11-14,20H,7-10H2,1H3. The highest BCUT2D eigenvalue weighted by Gasteiger charge is 2.17. The van der Waals surface area contributed by atoms with E-state index >= 15 is 0 Å². The molecule has 0 saturated carbocycles. The topological polar surface area (TPSA) is 47.8 Å². The molecule has 1 aliphatic rings. The van der Waals surface area contributed by atoms with Crippen LogP contribution in [0.15, 0.2) is 48.8 Å². The van der Waals surface area contributed by atoms with Crippen molar-refractivity contribution in [3.63, 3.8) is 0 Å². The molecule has 0 bridgehead atoms. The lowest BCUT2D eigenvalue weighted by molar-refractivity contribution is 0.162. The third-order valence-corrected chi connectivity index (χ3v) is 4.48. The fourth-order valence-electron chi connectivity index (χ4n) is 3.22. The van der Waals surface area contributed by atoms with E-state index in [9.17, 15) is 0 Å². The van der Waals surface area contributed by atoms with Gasteiger partial charge in [0.2, 0.25) is 0 Å². The van der Waals surface area contributed by atoms with E-state index in [1.54, 1.807) is 7.11 Å². The van der Waals surface area contributed by atoms with E-state index in [0.717, 1.165) is 54.1 Å². The summed E-state index contributed by atoms with van der Waals surface area (Å²) >= 11 is 0. The number of pyridine rings is 1. The summed E-state index contributed by atoms with van der Waals surface area (Å²) in [5.41, 5.74) is 3.14. The predicted molar refractivity (Wildman–Crippen MR) is 93.7 cm³/mol. The van der Waals surface area contributed by atoms with Gasteiger partial charge in [-0.15, -0.1) is 0 Å². The lowest BCUT2D eigenvalue weighted by Crippen LogP contribution is -2.34. The van der Waals surface area contributed by atoms with Crippen molar-refractivity contribution >= 4 is 5.52 Å². The quantitative estimate of drug-likeness (QED) is 0.801. The highest BCUT2D eigenvalue weighted by Crippen LogP contribution is 2.36. The highest BCUT2D eigenvalue weighted by molar-refractivity contribution is 5.83. The zero-order valence-corrected chi connectivity index (χ0v) is 13.7. The normalized spacial score (nSPS) is 15.5. The van der Waals surface area contributed by atoms with E-state index in [4.69, 9.17) is 9.47 Å². The molecule has 0 spiro atoms. The molecule has 1 aromatic carbocycles. The molecule has 5 heteroatoms. The van der Waals surface area contributed by atoms with Crippen LogP contribution in [0.4, 0.5) is 0 Å². The molecule has 4 rings (SSSR count). The van der Waals surface area contributed by atoms with Crippen molar-refractivity contribution in [1.29, 1.82) is 0 Å². The van der Waals surface area contributed by atoms with Gasteiger partial charge in [0.15, 0.2) is 0 Å². The van der Waals surface area contributed by atoms with Crippen LogP contribution >= 0.6 is 0 Å². The van der Waals surface area contributed by atoms with E-state index < -0.39 is 0 Å². The molecule has 24 heavy (non-hydrogen) atoms. The summed E-state index contributed by atoms with van der Waals surface area (Å²) in [7, 11) is 1.69. The van der Waals surface area contributed by atoms with Gasteiger partial charge in [0.25, 0.3) is 0 Å². The smallest absolute Gasteiger partial charge is 0.130 e. The lowest BCUT2D eigenvalue weighted by Gasteiger charge is -2.24. The number of nitrogens with one attached hydrogen (secondary N) is 1. The number of ether oxygens (including phenoxy) is 2. The summed E-state index contributed by atoms with van der Waals surface area (Å²) in [5.74, 6) is 1.67. The molecular formula is C19H21N3O2. The molecule has 2 aromatic heterocycles. The molecule has 0 radical (unpaired) electrons. The highest BCUT2D eigenvalue weighted by atomic mass is 16.5. The summed E-state index contributed by atoms with van der Waals surface area (Å²) in [6.07, 6.45) is 6.18. The fourth-order valence-corrected chi connectivity index (χ4v) is 3.22. The van der Waals surface area contributed by atoms with Crippen LogP contribution in [0.1, 0.15) is 12.8 Å². The van der Waals surface area contributed by atoms with E-state index in [1.165, 1.54) is 0 Å². The Hall–Kier alpha value is -2.53. The summed E-state index contributed by atoms with van der Waals surface area (Å²) in [4.78, 5) is 0. The van der Waals surface area contributed by atoms with E-state index in [2.05, 4.69) is 22.5 Å². The molecule has 0 unspecified atom stereocenters. The number of rotatable bonds is 4. The van der Waals surface area contributed by atoms with Crippen molar-refractivity contribution in [3.05, 3.63) is 48.8 Å². The minimum Gasteiger partial charge on any atom is -0.496 e. The van der Waals surface area contributed by atoms with E-state index in [-0.39, 0.29) is 6.10 Å². The molecule has 5 nitrogen and oxygen atoms in total. The number of piperidine rings is 1. The number of hydrogen-bond donors (Lipinski definition) is 1. The molecule has 3 heterocycles. The number of aromatic nitrogens is 2. The Morgan fingerprint density at radius 1 is 1.12 bits per heavy atom. The molecule has 0 amide bonds. The Morgan fingerprint density at radius 2 is 2.00 bits per heavy atom. The second-order valence-electron chi connectivity index (χ2n) is 6.02. The van der Waals surface area contributed by atoms with Gasteiger partial charge < -0.3 is 14.8 Å². The van der Waals surface area contributed by atoms with Crippen LogP contribution in [0.25, 0.3) is 16.6 Å². The molecule has 0 aliphatic carbocycles. The first kappa shape index (κ1) is 15.0. The van der Waals surface area contributed by atoms with Crippen LogP contribution in [0.2, 0.25) is 0 Å². The van der Waals surface area contributed by atoms with Crippen LogP contribution in [-0.4, -0.2) is 35.9 Å². The Morgan fingerprint density at radius 3 is 2.83 bits per heavy atom. The summed E-state index contributed by atoms with van der Waals surface area (Å²) in [5, 5.41) is 7.76. The van der Waals surface area contributed by atoms with Gasteiger partial charge in [-0.3, -0.25) is 0 Å². The number of fused-ring (bicyclic) bond motifs is 1. The van der Waals surface area contributed by atoms with Gasteiger partial charge >= 0.3 is 0 Å². The van der Waals surface area contributed by atoms with Crippen molar-refractivity contribution in [2.24, 2.45) is 0 Å². The van der Waals surface area contributed by atoms with E-state index in [0.29, 0.717) is 0 Å². The maximum Gasteiger partial charge on any atom is 0.130 e. The van der Waals surface area contributed by atoms with Crippen molar-refractivity contribution in [2.75, 3.05) is 20.2 Å². The number of benzene rings is 1. The third kappa shape index (κ3) is 2.83. The SMILES string of the molecule is COc1cc(OC2CCNCC2)ccc1-c1cnn2ccccc12. The van der Waals surface area contributed by atoms with Gasteiger partial charge in [0.1, 0.15) is 17.6 Å². The molecule has 1 fully saturated rings. The Balaban J connectivity index is 1.66. The largest absolute Gasteiger partial charge is 0.496 e. The van der Waals surface area contributed by atoms with Crippen LogP contribution < -0.4 is 14.8 Å². The Kier molecular flexibility index (Phi) is 4.09. The van der Waals surface area contributed by atoms with Crippen molar-refractivity contribution in [1.82, 2.24) is 14.9 Å². The van der Waals surface area contributed by atoms with Gasteiger partial charge in [-0.2, -0.15) is 5.10 Å². The number of methoxy groups -OCH3 is 1. The zero-order chi connectivity index (χ0) is 16.4. The predicted octanol–water partition coefficient (Wildman–Crippen LogP) is 3.14. The molecule has 1 saturated heterocycles. The second-order valence-corrected chi connectivity index (χ2v) is 6.02. The van der Waals surface area contributed by atoms with Crippen LogP contribution in [0.3, 0.4) is 0 Å². The molecule has 0 atom stereocenters. The average molecular weight is 323 g/mol. The Bertz CT molecular complexity index is 837. The van der Waals surface area contributed by atoms with Gasteiger partial charge in [-0.1, -0.05) is 6.07 Å². The van der Waals surface area contributed by atoms with Gasteiger partial charge in [-0.25, -0.2) is 4.52 Å². The zero-order valence-electron chi connectivity index (χ0n) is 13.7. The molecule has 3 aromatic rings. The fraction of sp³-hybridized carbons (Fsp3) is 0.316. The maximum absolute atomic E-state index is 6.12. The van der Waals surface area contributed by atoms with Crippen molar-refractivity contribution in [3.8, 4) is 22.6 Å². The van der Waals surface area contributed by atoms with Crippen LogP contribution in [0, 0.1) is 0 Å². The Labute approximate surface area is 141 Å². The van der Waals surface area contributed by atoms with Gasteiger partial charge in [0, 0.05) is 23.4 Å². The molecule has 124 valence electrons. The average Bonchev–Trinajstić information content (AvgIpc) is 3.06. The monoisotopic (exact) mass is 323 g/mol. The molecule has 1 aliphatic heterocycles. The first-order valence-corrected chi connectivity index (χ1v) is 8.33. The second kappa shape index (κ2) is 6.53. The number of nitrogens with zero attached hydrogens (tertiary/aromatic N) is 2. The maximum atomic E-state index is 6.12. The molecular weight excluding hydrogens is 302 g/mol. The van der Waals surface area contributed by atoms with Crippen molar-refractivity contribution in [2.45, 2.75) is 18.9 Å². The first-order chi connectivity index (χ1) is 11.8. The number of hydrogen-bond acceptors (Lipinski definition) is 4.